The van der Waals surface area contributed by atoms with Gasteiger partial charge in [0.25, 0.3) is 0 Å². The molecule has 0 amide bonds. The van der Waals surface area contributed by atoms with Gasteiger partial charge in [0.05, 0.1) is 18.8 Å². The zero-order chi connectivity index (χ0) is 10.4. The molecule has 0 aromatic heterocycles. The van der Waals surface area contributed by atoms with Crippen LogP contribution in [0.5, 0.6) is 0 Å². The molecule has 0 radical (unpaired) electrons. The van der Waals surface area contributed by atoms with E-state index in [1.165, 1.54) is 6.42 Å². The van der Waals surface area contributed by atoms with Crippen LogP contribution in [0.2, 0.25) is 0 Å². The smallest absolute Gasteiger partial charge is 0.0895 e. The van der Waals surface area contributed by atoms with Crippen molar-refractivity contribution in [3.05, 3.63) is 0 Å². The normalized spacial score (nSPS) is 31.1. The lowest BCUT2D eigenvalue weighted by Crippen LogP contribution is -2.43. The zero-order valence-electron chi connectivity index (χ0n) is 8.52. The minimum atomic E-state index is -0.717. The summed E-state index contributed by atoms with van der Waals surface area (Å²) in [6, 6.07) is 0.0821. The molecule has 3 unspecified atom stereocenters. The van der Waals surface area contributed by atoms with Gasteiger partial charge in [0.2, 0.25) is 0 Å². The second-order valence-electron chi connectivity index (χ2n) is 4.06. The number of aliphatic hydroxyl groups is 3. The molecule has 14 heavy (non-hydrogen) atoms. The van der Waals surface area contributed by atoms with Crippen molar-refractivity contribution in [2.75, 3.05) is 13.2 Å². The molecule has 0 heterocycles. The number of nitrogens with one attached hydrogen (secondary N) is 1. The minimum absolute atomic E-state index is 0.0821. The molecule has 4 nitrogen and oxygen atoms in total. The van der Waals surface area contributed by atoms with Crippen LogP contribution in [0.4, 0.5) is 0 Å². The van der Waals surface area contributed by atoms with Gasteiger partial charge < -0.3 is 20.6 Å². The lowest BCUT2D eigenvalue weighted by Gasteiger charge is -2.22. The van der Waals surface area contributed by atoms with Crippen LogP contribution in [-0.2, 0) is 0 Å². The predicted octanol–water partition coefficient (Wildman–Crippen LogP) is -0.377. The third-order valence-corrected chi connectivity index (χ3v) is 2.81. The van der Waals surface area contributed by atoms with E-state index in [4.69, 9.17) is 10.2 Å². The van der Waals surface area contributed by atoms with Gasteiger partial charge in [-0.3, -0.25) is 0 Å². The van der Waals surface area contributed by atoms with Gasteiger partial charge in [0.15, 0.2) is 0 Å². The van der Waals surface area contributed by atoms with Gasteiger partial charge >= 0.3 is 0 Å². The SMILES string of the molecule is OCC(O)CNC1CCCCCC1O. The van der Waals surface area contributed by atoms with Crippen molar-refractivity contribution in [3.63, 3.8) is 0 Å². The van der Waals surface area contributed by atoms with Gasteiger partial charge in [0.1, 0.15) is 0 Å². The van der Waals surface area contributed by atoms with Crippen LogP contribution >= 0.6 is 0 Å². The summed E-state index contributed by atoms with van der Waals surface area (Å²) in [5, 5.41) is 30.6. The summed E-state index contributed by atoms with van der Waals surface area (Å²) in [7, 11) is 0. The highest BCUT2D eigenvalue weighted by Crippen LogP contribution is 2.17. The molecule has 0 aliphatic heterocycles. The fourth-order valence-corrected chi connectivity index (χ4v) is 1.88. The van der Waals surface area contributed by atoms with E-state index in [2.05, 4.69) is 5.32 Å². The van der Waals surface area contributed by atoms with E-state index in [-0.39, 0.29) is 18.8 Å². The highest BCUT2D eigenvalue weighted by molar-refractivity contribution is 4.79. The first-order valence-corrected chi connectivity index (χ1v) is 5.44. The molecule has 4 N–H and O–H groups in total. The van der Waals surface area contributed by atoms with Gasteiger partial charge in [-0.05, 0) is 12.8 Å². The second kappa shape index (κ2) is 6.35. The standard InChI is InChI=1S/C10H21NO3/c12-7-8(13)6-11-9-4-2-1-3-5-10(9)14/h8-14H,1-7H2. The molecule has 1 aliphatic carbocycles. The maximum absolute atomic E-state index is 9.73. The molecule has 1 rings (SSSR count). The minimum Gasteiger partial charge on any atom is -0.394 e. The summed E-state index contributed by atoms with van der Waals surface area (Å²) in [5.41, 5.74) is 0. The van der Waals surface area contributed by atoms with E-state index < -0.39 is 6.10 Å². The van der Waals surface area contributed by atoms with Crippen LogP contribution in [0, 0.1) is 0 Å². The lowest BCUT2D eigenvalue weighted by atomic mass is 10.1. The van der Waals surface area contributed by atoms with Crippen molar-refractivity contribution in [2.45, 2.75) is 50.4 Å². The van der Waals surface area contributed by atoms with Gasteiger partial charge in [-0.1, -0.05) is 19.3 Å². The Morgan fingerprint density at radius 2 is 1.93 bits per heavy atom. The summed E-state index contributed by atoms with van der Waals surface area (Å²) in [4.78, 5) is 0. The Labute approximate surface area is 85.0 Å². The summed E-state index contributed by atoms with van der Waals surface area (Å²) in [5.74, 6) is 0. The Morgan fingerprint density at radius 1 is 1.21 bits per heavy atom. The molecule has 1 aliphatic rings. The average Bonchev–Trinajstić information content (AvgIpc) is 2.39. The van der Waals surface area contributed by atoms with Crippen LogP contribution in [0.15, 0.2) is 0 Å². The Hall–Kier alpha value is -0.160. The van der Waals surface area contributed by atoms with Crippen molar-refractivity contribution in [1.82, 2.24) is 5.32 Å². The summed E-state index contributed by atoms with van der Waals surface area (Å²) < 4.78 is 0. The lowest BCUT2D eigenvalue weighted by molar-refractivity contribution is 0.0748. The molecule has 3 atom stereocenters. The van der Waals surface area contributed by atoms with E-state index in [0.717, 1.165) is 25.7 Å². The third kappa shape index (κ3) is 3.92. The van der Waals surface area contributed by atoms with E-state index in [9.17, 15) is 5.11 Å². The highest BCUT2D eigenvalue weighted by atomic mass is 16.3. The quantitative estimate of drug-likeness (QED) is 0.470. The first-order valence-electron chi connectivity index (χ1n) is 5.44. The van der Waals surface area contributed by atoms with E-state index in [0.29, 0.717) is 6.54 Å². The van der Waals surface area contributed by atoms with Crippen LogP contribution in [0.25, 0.3) is 0 Å². The van der Waals surface area contributed by atoms with Crippen molar-refractivity contribution in [2.24, 2.45) is 0 Å². The van der Waals surface area contributed by atoms with Crippen molar-refractivity contribution in [3.8, 4) is 0 Å². The molecule has 0 aromatic rings. The second-order valence-corrected chi connectivity index (χ2v) is 4.06. The molecule has 84 valence electrons. The molecular weight excluding hydrogens is 182 g/mol. The number of hydrogen-bond donors (Lipinski definition) is 4. The van der Waals surface area contributed by atoms with Crippen LogP contribution in [0.1, 0.15) is 32.1 Å². The highest BCUT2D eigenvalue weighted by Gasteiger charge is 2.21. The summed E-state index contributed by atoms with van der Waals surface area (Å²) in [6.07, 6.45) is 4.17. The molecular formula is C10H21NO3. The molecule has 0 spiro atoms. The van der Waals surface area contributed by atoms with E-state index >= 15 is 0 Å². The maximum Gasteiger partial charge on any atom is 0.0895 e. The van der Waals surface area contributed by atoms with Crippen LogP contribution in [-0.4, -0.2) is 46.7 Å². The molecule has 1 fully saturated rings. The Bertz CT molecular complexity index is 154. The fraction of sp³-hybridized carbons (Fsp3) is 1.00. The molecule has 0 aromatic carbocycles. The fourth-order valence-electron chi connectivity index (χ4n) is 1.88. The Morgan fingerprint density at radius 3 is 2.64 bits per heavy atom. The summed E-state index contributed by atoms with van der Waals surface area (Å²) in [6.45, 7) is 0.133. The number of rotatable bonds is 4. The van der Waals surface area contributed by atoms with Gasteiger partial charge in [-0.15, -0.1) is 0 Å². The Balaban J connectivity index is 2.26. The van der Waals surface area contributed by atoms with E-state index in [1.807, 2.05) is 0 Å². The molecule has 0 bridgehead atoms. The maximum atomic E-state index is 9.73. The molecule has 4 heteroatoms. The molecule has 1 saturated carbocycles. The Kier molecular flexibility index (Phi) is 5.40. The largest absolute Gasteiger partial charge is 0.394 e. The van der Waals surface area contributed by atoms with E-state index in [1.54, 1.807) is 0 Å². The van der Waals surface area contributed by atoms with Gasteiger partial charge in [0, 0.05) is 12.6 Å². The number of aliphatic hydroxyl groups excluding tert-OH is 3. The summed E-state index contributed by atoms with van der Waals surface area (Å²) >= 11 is 0. The topological polar surface area (TPSA) is 72.7 Å². The average molecular weight is 203 g/mol. The third-order valence-electron chi connectivity index (χ3n) is 2.81. The van der Waals surface area contributed by atoms with Crippen molar-refractivity contribution in [1.29, 1.82) is 0 Å². The van der Waals surface area contributed by atoms with Crippen LogP contribution in [0.3, 0.4) is 0 Å². The van der Waals surface area contributed by atoms with Crippen LogP contribution < -0.4 is 5.32 Å². The monoisotopic (exact) mass is 203 g/mol. The van der Waals surface area contributed by atoms with Gasteiger partial charge in [-0.2, -0.15) is 0 Å². The van der Waals surface area contributed by atoms with Gasteiger partial charge in [-0.25, -0.2) is 0 Å². The van der Waals surface area contributed by atoms with Crippen molar-refractivity contribution < 1.29 is 15.3 Å². The zero-order valence-corrected chi connectivity index (χ0v) is 8.52. The number of hydrogen-bond acceptors (Lipinski definition) is 4. The first kappa shape index (κ1) is 11.9. The predicted molar refractivity (Wildman–Crippen MR) is 54.0 cm³/mol. The van der Waals surface area contributed by atoms with Crippen molar-refractivity contribution >= 4 is 0 Å². The molecule has 0 saturated heterocycles. The first-order chi connectivity index (χ1) is 6.74.